The van der Waals surface area contributed by atoms with Gasteiger partial charge in [0.1, 0.15) is 0 Å². The summed E-state index contributed by atoms with van der Waals surface area (Å²) in [6.45, 7) is 0. The molecule has 0 aromatic carbocycles. The predicted octanol–water partition coefficient (Wildman–Crippen LogP) is 3.19. The third kappa shape index (κ3) is 2.70. The molecule has 0 aromatic rings. The van der Waals surface area contributed by atoms with Gasteiger partial charge in [-0.25, -0.2) is 0 Å². The van der Waals surface area contributed by atoms with Gasteiger partial charge in [-0.2, -0.15) is 0 Å². The molecular weight excluding hydrogens is 158 g/mol. The molecule has 2 rings (SSSR count). The fraction of sp³-hybridized carbons (Fsp3) is 1.00. The highest BCUT2D eigenvalue weighted by atomic mass is 15.2. The van der Waals surface area contributed by atoms with E-state index in [1.54, 1.807) is 0 Å². The van der Waals surface area contributed by atoms with Crippen LogP contribution in [0.1, 0.15) is 57.8 Å². The van der Waals surface area contributed by atoms with Crippen molar-refractivity contribution in [2.45, 2.75) is 69.9 Å². The first-order valence-corrected chi connectivity index (χ1v) is 6.10. The third-order valence-electron chi connectivity index (χ3n) is 3.77. The average Bonchev–Trinajstić information content (AvgIpc) is 2.84. The number of rotatable bonds is 2. The zero-order valence-electron chi connectivity index (χ0n) is 8.97. The minimum Gasteiger partial charge on any atom is -0.300 e. The van der Waals surface area contributed by atoms with Crippen molar-refractivity contribution in [3.8, 4) is 0 Å². The van der Waals surface area contributed by atoms with Gasteiger partial charge in [0.2, 0.25) is 0 Å². The summed E-state index contributed by atoms with van der Waals surface area (Å²) in [4.78, 5) is 2.67. The summed E-state index contributed by atoms with van der Waals surface area (Å²) in [5, 5.41) is 0. The molecule has 0 aromatic heterocycles. The van der Waals surface area contributed by atoms with Crippen molar-refractivity contribution in [2.75, 3.05) is 7.05 Å². The van der Waals surface area contributed by atoms with Gasteiger partial charge in [0, 0.05) is 12.1 Å². The molecule has 0 spiro atoms. The van der Waals surface area contributed by atoms with Crippen LogP contribution < -0.4 is 0 Å². The molecule has 2 saturated carbocycles. The smallest absolute Gasteiger partial charge is 0.00963 e. The Balaban J connectivity index is 1.80. The monoisotopic (exact) mass is 181 g/mol. The Kier molecular flexibility index (Phi) is 3.26. The van der Waals surface area contributed by atoms with Crippen LogP contribution in [0.4, 0.5) is 0 Å². The molecule has 0 heterocycles. The molecule has 0 bridgehead atoms. The largest absolute Gasteiger partial charge is 0.300 e. The Morgan fingerprint density at radius 1 is 0.692 bits per heavy atom. The van der Waals surface area contributed by atoms with Gasteiger partial charge in [-0.15, -0.1) is 0 Å². The van der Waals surface area contributed by atoms with Crippen LogP contribution in [0.15, 0.2) is 0 Å². The van der Waals surface area contributed by atoms with Crippen molar-refractivity contribution in [3.63, 3.8) is 0 Å². The fourth-order valence-electron chi connectivity index (χ4n) is 2.62. The number of hydrogen-bond donors (Lipinski definition) is 0. The van der Waals surface area contributed by atoms with Crippen LogP contribution in [0.25, 0.3) is 0 Å². The van der Waals surface area contributed by atoms with Crippen molar-refractivity contribution in [2.24, 2.45) is 0 Å². The van der Waals surface area contributed by atoms with E-state index in [0.717, 1.165) is 12.1 Å². The molecule has 1 nitrogen and oxygen atoms in total. The molecule has 1 heteroatoms. The van der Waals surface area contributed by atoms with Crippen LogP contribution in [-0.4, -0.2) is 24.0 Å². The lowest BCUT2D eigenvalue weighted by Gasteiger charge is -2.29. The van der Waals surface area contributed by atoms with Gasteiger partial charge in [0.25, 0.3) is 0 Å². The second-order valence-electron chi connectivity index (χ2n) is 4.90. The Hall–Kier alpha value is -0.0400. The SMILES string of the molecule is CN(C1CCCCCCC1)C1CC1. The third-order valence-corrected chi connectivity index (χ3v) is 3.77. The summed E-state index contributed by atoms with van der Waals surface area (Å²) in [5.41, 5.74) is 0. The molecule has 13 heavy (non-hydrogen) atoms. The number of nitrogens with zero attached hydrogens (tertiary/aromatic N) is 1. The molecule has 0 N–H and O–H groups in total. The van der Waals surface area contributed by atoms with Crippen molar-refractivity contribution < 1.29 is 0 Å². The summed E-state index contributed by atoms with van der Waals surface area (Å²) in [7, 11) is 2.35. The van der Waals surface area contributed by atoms with E-state index >= 15 is 0 Å². The minimum atomic E-state index is 0.924. The quantitative estimate of drug-likeness (QED) is 0.632. The van der Waals surface area contributed by atoms with Crippen LogP contribution in [0.2, 0.25) is 0 Å². The zero-order valence-corrected chi connectivity index (χ0v) is 8.97. The maximum atomic E-state index is 2.67. The molecule has 0 radical (unpaired) electrons. The lowest BCUT2D eigenvalue weighted by atomic mass is 9.96. The summed E-state index contributed by atoms with van der Waals surface area (Å²) < 4.78 is 0. The Bertz CT molecular complexity index is 143. The molecule has 2 fully saturated rings. The highest BCUT2D eigenvalue weighted by Gasteiger charge is 2.30. The van der Waals surface area contributed by atoms with Crippen LogP contribution in [-0.2, 0) is 0 Å². The lowest BCUT2D eigenvalue weighted by Crippen LogP contribution is -2.33. The van der Waals surface area contributed by atoms with E-state index in [-0.39, 0.29) is 0 Å². The van der Waals surface area contributed by atoms with E-state index in [1.165, 1.54) is 57.8 Å². The van der Waals surface area contributed by atoms with E-state index in [9.17, 15) is 0 Å². The lowest BCUT2D eigenvalue weighted by molar-refractivity contribution is 0.194. The van der Waals surface area contributed by atoms with Crippen LogP contribution in [0.3, 0.4) is 0 Å². The molecule has 2 aliphatic carbocycles. The van der Waals surface area contributed by atoms with E-state index in [1.807, 2.05) is 0 Å². The second-order valence-corrected chi connectivity index (χ2v) is 4.90. The maximum absolute atomic E-state index is 2.67. The van der Waals surface area contributed by atoms with Gasteiger partial charge in [-0.3, -0.25) is 0 Å². The van der Waals surface area contributed by atoms with Crippen molar-refractivity contribution in [1.29, 1.82) is 0 Å². The number of hydrogen-bond acceptors (Lipinski definition) is 1. The molecular formula is C12H23N. The average molecular weight is 181 g/mol. The molecule has 0 aliphatic heterocycles. The molecule has 0 amide bonds. The summed E-state index contributed by atoms with van der Waals surface area (Å²) in [6.07, 6.45) is 13.3. The van der Waals surface area contributed by atoms with Gasteiger partial charge < -0.3 is 4.90 Å². The minimum absolute atomic E-state index is 0.924. The van der Waals surface area contributed by atoms with Gasteiger partial charge in [-0.1, -0.05) is 32.1 Å². The highest BCUT2D eigenvalue weighted by molar-refractivity contribution is 4.86. The summed E-state index contributed by atoms with van der Waals surface area (Å²) in [5.74, 6) is 0. The zero-order chi connectivity index (χ0) is 9.10. The first-order valence-electron chi connectivity index (χ1n) is 6.10. The van der Waals surface area contributed by atoms with Crippen molar-refractivity contribution in [1.82, 2.24) is 4.90 Å². The van der Waals surface area contributed by atoms with Crippen molar-refractivity contribution in [3.05, 3.63) is 0 Å². The summed E-state index contributed by atoms with van der Waals surface area (Å²) >= 11 is 0. The molecule has 0 saturated heterocycles. The first kappa shape index (κ1) is 9.51. The van der Waals surface area contributed by atoms with E-state index in [4.69, 9.17) is 0 Å². The van der Waals surface area contributed by atoms with Crippen LogP contribution in [0, 0.1) is 0 Å². The standard InChI is InChI=1S/C12H23N/c1-13(12-9-10-12)11-7-5-3-2-4-6-8-11/h11-12H,2-10H2,1H3. The first-order chi connectivity index (χ1) is 6.38. The van der Waals surface area contributed by atoms with Crippen LogP contribution >= 0.6 is 0 Å². The van der Waals surface area contributed by atoms with E-state index in [0.29, 0.717) is 0 Å². The molecule has 76 valence electrons. The topological polar surface area (TPSA) is 3.24 Å². The normalized spacial score (nSPS) is 27.2. The van der Waals surface area contributed by atoms with E-state index in [2.05, 4.69) is 11.9 Å². The van der Waals surface area contributed by atoms with Crippen LogP contribution in [0.5, 0.6) is 0 Å². The molecule has 0 unspecified atom stereocenters. The Labute approximate surface area is 82.5 Å². The van der Waals surface area contributed by atoms with Gasteiger partial charge in [0.15, 0.2) is 0 Å². The second kappa shape index (κ2) is 4.45. The van der Waals surface area contributed by atoms with Gasteiger partial charge in [0.05, 0.1) is 0 Å². The fourth-order valence-corrected chi connectivity index (χ4v) is 2.62. The van der Waals surface area contributed by atoms with E-state index < -0.39 is 0 Å². The maximum Gasteiger partial charge on any atom is 0.00963 e. The predicted molar refractivity (Wildman–Crippen MR) is 56.9 cm³/mol. The molecule has 0 atom stereocenters. The van der Waals surface area contributed by atoms with Gasteiger partial charge >= 0.3 is 0 Å². The molecule has 2 aliphatic rings. The Morgan fingerprint density at radius 2 is 1.15 bits per heavy atom. The Morgan fingerprint density at radius 3 is 1.69 bits per heavy atom. The van der Waals surface area contributed by atoms with Crippen molar-refractivity contribution >= 4 is 0 Å². The van der Waals surface area contributed by atoms with Gasteiger partial charge in [-0.05, 0) is 32.7 Å². The summed E-state index contributed by atoms with van der Waals surface area (Å²) in [6, 6.07) is 1.89. The highest BCUT2D eigenvalue weighted by Crippen LogP contribution is 2.31.